The van der Waals surface area contributed by atoms with Crippen LogP contribution in [0.15, 0.2) is 35.2 Å². The minimum absolute atomic E-state index is 0.206. The fourth-order valence-corrected chi connectivity index (χ4v) is 3.37. The normalized spacial score (nSPS) is 15.4. The number of esters is 1. The molecule has 2 aromatic rings. The lowest BCUT2D eigenvalue weighted by Gasteiger charge is -2.17. The van der Waals surface area contributed by atoms with Gasteiger partial charge in [-0.2, -0.15) is 0 Å². The molecule has 26 heavy (non-hydrogen) atoms. The van der Waals surface area contributed by atoms with Crippen molar-refractivity contribution in [2.75, 3.05) is 0 Å². The summed E-state index contributed by atoms with van der Waals surface area (Å²) in [5.41, 5.74) is 2.99. The van der Waals surface area contributed by atoms with E-state index in [1.165, 1.54) is 11.3 Å². The molecule has 1 aromatic heterocycles. The summed E-state index contributed by atoms with van der Waals surface area (Å²) in [7, 11) is 0. The van der Waals surface area contributed by atoms with Crippen LogP contribution in [0.3, 0.4) is 0 Å². The molecule has 1 amide bonds. The standard InChI is InChI=1S/C19H22N2O4S/c1-13(18(22)21-15-4-2-3-5-15)25-19(23)14-6-8-17(9-7-14)24-10-16-11-26-12-20-16/h6-9,11-13,15H,2-5,10H2,1H3,(H,21,22)/t13-/m1/s1. The van der Waals surface area contributed by atoms with Crippen molar-refractivity contribution in [1.82, 2.24) is 10.3 Å². The Morgan fingerprint density at radius 2 is 2.00 bits per heavy atom. The molecule has 0 aliphatic heterocycles. The first-order valence-corrected chi connectivity index (χ1v) is 9.67. The predicted molar refractivity (Wildman–Crippen MR) is 98.2 cm³/mol. The molecular formula is C19H22N2O4S. The van der Waals surface area contributed by atoms with Gasteiger partial charge in [0.1, 0.15) is 12.4 Å². The number of carbonyl (C=O) groups is 2. The molecule has 1 N–H and O–H groups in total. The Labute approximate surface area is 156 Å². The van der Waals surface area contributed by atoms with Crippen molar-refractivity contribution < 1.29 is 19.1 Å². The Kier molecular flexibility index (Phi) is 6.22. The highest BCUT2D eigenvalue weighted by Crippen LogP contribution is 2.18. The zero-order chi connectivity index (χ0) is 18.4. The lowest BCUT2D eigenvalue weighted by molar-refractivity contribution is -0.129. The molecule has 0 saturated heterocycles. The molecule has 7 heteroatoms. The number of amides is 1. The maximum absolute atomic E-state index is 12.2. The summed E-state index contributed by atoms with van der Waals surface area (Å²) < 4.78 is 10.9. The van der Waals surface area contributed by atoms with Crippen molar-refractivity contribution in [3.8, 4) is 5.75 Å². The minimum Gasteiger partial charge on any atom is -0.487 e. The molecule has 1 fully saturated rings. The number of thiazole rings is 1. The molecule has 1 saturated carbocycles. The van der Waals surface area contributed by atoms with Gasteiger partial charge in [-0.15, -0.1) is 11.3 Å². The molecular weight excluding hydrogens is 352 g/mol. The lowest BCUT2D eigenvalue weighted by atomic mass is 10.2. The molecule has 1 atom stereocenters. The van der Waals surface area contributed by atoms with Crippen LogP contribution >= 0.6 is 11.3 Å². The number of hydrogen-bond acceptors (Lipinski definition) is 6. The van der Waals surface area contributed by atoms with Crippen molar-refractivity contribution >= 4 is 23.2 Å². The van der Waals surface area contributed by atoms with Gasteiger partial charge in [-0.05, 0) is 44.0 Å². The van der Waals surface area contributed by atoms with Gasteiger partial charge in [0.25, 0.3) is 5.91 Å². The van der Waals surface area contributed by atoms with E-state index in [0.29, 0.717) is 17.9 Å². The molecule has 138 valence electrons. The fraction of sp³-hybridized carbons (Fsp3) is 0.421. The molecule has 0 spiro atoms. The van der Waals surface area contributed by atoms with E-state index in [-0.39, 0.29) is 11.9 Å². The maximum Gasteiger partial charge on any atom is 0.338 e. The van der Waals surface area contributed by atoms with Crippen molar-refractivity contribution in [2.45, 2.75) is 51.4 Å². The monoisotopic (exact) mass is 374 g/mol. The Balaban J connectivity index is 1.48. The number of aromatic nitrogens is 1. The Bertz CT molecular complexity index is 725. The zero-order valence-corrected chi connectivity index (χ0v) is 15.5. The summed E-state index contributed by atoms with van der Waals surface area (Å²) in [6, 6.07) is 6.86. The molecule has 0 unspecified atom stereocenters. The second kappa shape index (κ2) is 8.80. The largest absolute Gasteiger partial charge is 0.487 e. The first-order valence-electron chi connectivity index (χ1n) is 8.73. The highest BCUT2D eigenvalue weighted by molar-refractivity contribution is 7.07. The molecule has 1 heterocycles. The van der Waals surface area contributed by atoms with Crippen molar-refractivity contribution in [2.24, 2.45) is 0 Å². The van der Waals surface area contributed by atoms with Gasteiger partial charge in [0.05, 0.1) is 16.8 Å². The van der Waals surface area contributed by atoms with E-state index in [2.05, 4.69) is 10.3 Å². The highest BCUT2D eigenvalue weighted by atomic mass is 32.1. The van der Waals surface area contributed by atoms with Crippen molar-refractivity contribution in [3.63, 3.8) is 0 Å². The second-order valence-corrected chi connectivity index (χ2v) is 7.05. The third-order valence-electron chi connectivity index (χ3n) is 4.31. The molecule has 0 bridgehead atoms. The number of rotatable bonds is 7. The van der Waals surface area contributed by atoms with E-state index in [1.807, 2.05) is 5.38 Å². The van der Waals surface area contributed by atoms with E-state index < -0.39 is 12.1 Å². The summed E-state index contributed by atoms with van der Waals surface area (Å²) in [5.74, 6) is -0.125. The molecule has 1 aromatic carbocycles. The highest BCUT2D eigenvalue weighted by Gasteiger charge is 2.23. The van der Waals surface area contributed by atoms with Crippen molar-refractivity contribution in [3.05, 3.63) is 46.4 Å². The number of hydrogen-bond donors (Lipinski definition) is 1. The topological polar surface area (TPSA) is 77.5 Å². The summed E-state index contributed by atoms with van der Waals surface area (Å²) in [4.78, 5) is 28.4. The summed E-state index contributed by atoms with van der Waals surface area (Å²) in [6.07, 6.45) is 3.44. The number of benzene rings is 1. The number of nitrogens with one attached hydrogen (secondary N) is 1. The van der Waals surface area contributed by atoms with Gasteiger partial charge in [-0.1, -0.05) is 12.8 Å². The average Bonchev–Trinajstić information content (AvgIpc) is 3.34. The molecule has 1 aliphatic carbocycles. The number of ether oxygens (including phenoxy) is 2. The minimum atomic E-state index is -0.816. The lowest BCUT2D eigenvalue weighted by Crippen LogP contribution is -2.40. The fourth-order valence-electron chi connectivity index (χ4n) is 2.82. The van der Waals surface area contributed by atoms with Crippen LogP contribution in [0.25, 0.3) is 0 Å². The Morgan fingerprint density at radius 1 is 1.27 bits per heavy atom. The summed E-state index contributed by atoms with van der Waals surface area (Å²) >= 11 is 1.51. The number of carbonyl (C=O) groups excluding carboxylic acids is 2. The van der Waals surface area contributed by atoms with Crippen LogP contribution in [-0.4, -0.2) is 29.0 Å². The van der Waals surface area contributed by atoms with Crippen LogP contribution in [0.4, 0.5) is 0 Å². The SMILES string of the molecule is C[C@@H](OC(=O)c1ccc(OCc2cscn2)cc1)C(=O)NC1CCCC1. The van der Waals surface area contributed by atoms with E-state index >= 15 is 0 Å². The third-order valence-corrected chi connectivity index (χ3v) is 4.95. The maximum atomic E-state index is 12.2. The van der Waals surface area contributed by atoms with Crippen LogP contribution in [0, 0.1) is 0 Å². The van der Waals surface area contributed by atoms with E-state index in [1.54, 1.807) is 36.7 Å². The smallest absolute Gasteiger partial charge is 0.338 e. The van der Waals surface area contributed by atoms with E-state index in [0.717, 1.165) is 31.4 Å². The van der Waals surface area contributed by atoms with Crippen LogP contribution in [0.5, 0.6) is 5.75 Å². The van der Waals surface area contributed by atoms with Gasteiger partial charge in [0.2, 0.25) is 0 Å². The molecule has 1 aliphatic rings. The van der Waals surface area contributed by atoms with Crippen molar-refractivity contribution in [1.29, 1.82) is 0 Å². The number of nitrogens with zero attached hydrogens (tertiary/aromatic N) is 1. The second-order valence-electron chi connectivity index (χ2n) is 6.33. The van der Waals surface area contributed by atoms with Gasteiger partial charge in [-0.3, -0.25) is 4.79 Å². The van der Waals surface area contributed by atoms with Gasteiger partial charge >= 0.3 is 5.97 Å². The van der Waals surface area contributed by atoms with E-state index in [9.17, 15) is 9.59 Å². The quantitative estimate of drug-likeness (QED) is 0.752. The van der Waals surface area contributed by atoms with Gasteiger partial charge in [0, 0.05) is 11.4 Å². The van der Waals surface area contributed by atoms with Crippen LogP contribution in [0.1, 0.15) is 48.7 Å². The van der Waals surface area contributed by atoms with Gasteiger partial charge in [-0.25, -0.2) is 9.78 Å². The average molecular weight is 374 g/mol. The molecule has 3 rings (SSSR count). The third kappa shape index (κ3) is 5.05. The summed E-state index contributed by atoms with van der Waals surface area (Å²) in [6.45, 7) is 1.97. The van der Waals surface area contributed by atoms with Crippen LogP contribution < -0.4 is 10.1 Å². The first kappa shape index (κ1) is 18.4. The predicted octanol–water partition coefficient (Wildman–Crippen LogP) is 3.33. The first-order chi connectivity index (χ1) is 12.6. The van der Waals surface area contributed by atoms with Crippen LogP contribution in [-0.2, 0) is 16.1 Å². The van der Waals surface area contributed by atoms with Gasteiger partial charge < -0.3 is 14.8 Å². The molecule has 6 nitrogen and oxygen atoms in total. The Morgan fingerprint density at radius 3 is 2.65 bits per heavy atom. The van der Waals surface area contributed by atoms with E-state index in [4.69, 9.17) is 9.47 Å². The Hall–Kier alpha value is -2.41. The molecule has 0 radical (unpaired) electrons. The summed E-state index contributed by atoms with van der Waals surface area (Å²) in [5, 5.41) is 4.85. The van der Waals surface area contributed by atoms with Gasteiger partial charge in [0.15, 0.2) is 6.10 Å². The zero-order valence-electron chi connectivity index (χ0n) is 14.6. The van der Waals surface area contributed by atoms with Crippen LogP contribution in [0.2, 0.25) is 0 Å².